The number of fused-ring (bicyclic) bond motifs is 2. The van der Waals surface area contributed by atoms with Crippen LogP contribution in [0.1, 0.15) is 35.6 Å². The molecule has 0 aliphatic carbocycles. The number of benzene rings is 2. The van der Waals surface area contributed by atoms with Crippen molar-refractivity contribution in [3.63, 3.8) is 0 Å². The number of anilines is 1. The second-order valence-electron chi connectivity index (χ2n) is 6.62. The fourth-order valence-electron chi connectivity index (χ4n) is 3.96. The highest BCUT2D eigenvalue weighted by Crippen LogP contribution is 2.51. The molecule has 2 N–H and O–H groups in total. The molecule has 25 heavy (non-hydrogen) atoms. The van der Waals surface area contributed by atoms with Crippen molar-refractivity contribution < 1.29 is 18.4 Å². The van der Waals surface area contributed by atoms with Gasteiger partial charge in [-0.05, 0) is 60.4 Å². The summed E-state index contributed by atoms with van der Waals surface area (Å²) in [5.41, 5.74) is 1.17. The maximum Gasteiger partial charge on any atom is 0.237 e. The Hall–Kier alpha value is -2.76. The number of amides is 2. The van der Waals surface area contributed by atoms with Crippen molar-refractivity contribution in [3.05, 3.63) is 64.7 Å². The SMILES string of the molecule is Cc1ccc(F)cc1C1NC(=O)CCC12C(=O)Nc1ccc(F)cc12. The van der Waals surface area contributed by atoms with Crippen LogP contribution in [0.3, 0.4) is 0 Å². The lowest BCUT2D eigenvalue weighted by Crippen LogP contribution is -2.52. The van der Waals surface area contributed by atoms with Crippen molar-refractivity contribution in [1.82, 2.24) is 5.32 Å². The Bertz CT molecular complexity index is 912. The molecule has 2 aromatic rings. The van der Waals surface area contributed by atoms with Gasteiger partial charge in [0.2, 0.25) is 11.8 Å². The van der Waals surface area contributed by atoms with Crippen LogP contribution in [0.25, 0.3) is 0 Å². The number of rotatable bonds is 1. The zero-order valence-corrected chi connectivity index (χ0v) is 13.5. The molecule has 4 nitrogen and oxygen atoms in total. The van der Waals surface area contributed by atoms with Gasteiger partial charge < -0.3 is 10.6 Å². The Morgan fingerprint density at radius 2 is 1.80 bits per heavy atom. The van der Waals surface area contributed by atoms with E-state index in [2.05, 4.69) is 10.6 Å². The molecule has 0 radical (unpaired) electrons. The van der Waals surface area contributed by atoms with Crippen molar-refractivity contribution in [2.75, 3.05) is 5.32 Å². The summed E-state index contributed by atoms with van der Waals surface area (Å²) in [5.74, 6) is -1.42. The fourth-order valence-corrected chi connectivity index (χ4v) is 3.96. The number of carbonyl (C=O) groups excluding carboxylic acids is 2. The molecular weight excluding hydrogens is 326 g/mol. The maximum absolute atomic E-state index is 13.9. The summed E-state index contributed by atoms with van der Waals surface area (Å²) in [6.45, 7) is 1.79. The molecule has 0 bridgehead atoms. The molecule has 2 amide bonds. The van der Waals surface area contributed by atoms with E-state index < -0.39 is 23.1 Å². The highest BCUT2D eigenvalue weighted by Gasteiger charge is 2.55. The van der Waals surface area contributed by atoms with Gasteiger partial charge in [-0.3, -0.25) is 9.59 Å². The lowest BCUT2D eigenvalue weighted by molar-refractivity contribution is -0.130. The van der Waals surface area contributed by atoms with Crippen molar-refractivity contribution in [1.29, 1.82) is 0 Å². The van der Waals surface area contributed by atoms with Gasteiger partial charge in [0.05, 0.1) is 6.04 Å². The summed E-state index contributed by atoms with van der Waals surface area (Å²) in [6, 6.07) is 7.64. The predicted octanol–water partition coefficient (Wildman–Crippen LogP) is 3.11. The summed E-state index contributed by atoms with van der Waals surface area (Å²) in [7, 11) is 0. The number of aryl methyl sites for hydroxylation is 1. The number of carbonyl (C=O) groups is 2. The summed E-state index contributed by atoms with van der Waals surface area (Å²) >= 11 is 0. The molecule has 1 spiro atoms. The highest BCUT2D eigenvalue weighted by atomic mass is 19.1. The van der Waals surface area contributed by atoms with Crippen LogP contribution in [0.4, 0.5) is 14.5 Å². The lowest BCUT2D eigenvalue weighted by Gasteiger charge is -2.41. The first-order valence-electron chi connectivity index (χ1n) is 8.09. The van der Waals surface area contributed by atoms with E-state index in [1.807, 2.05) is 0 Å². The lowest BCUT2D eigenvalue weighted by atomic mass is 9.67. The van der Waals surface area contributed by atoms with Crippen LogP contribution in [0.2, 0.25) is 0 Å². The molecule has 2 aromatic carbocycles. The van der Waals surface area contributed by atoms with E-state index in [-0.39, 0.29) is 24.7 Å². The van der Waals surface area contributed by atoms with Crippen molar-refractivity contribution >= 4 is 17.5 Å². The number of halogens is 2. The molecule has 0 aromatic heterocycles. The van der Waals surface area contributed by atoms with Crippen LogP contribution < -0.4 is 10.6 Å². The number of hydrogen-bond donors (Lipinski definition) is 2. The van der Waals surface area contributed by atoms with Crippen LogP contribution in [0.15, 0.2) is 36.4 Å². The van der Waals surface area contributed by atoms with E-state index in [0.717, 1.165) is 5.56 Å². The second kappa shape index (κ2) is 5.37. The average molecular weight is 342 g/mol. The van der Waals surface area contributed by atoms with Gasteiger partial charge in [0.15, 0.2) is 0 Å². The van der Waals surface area contributed by atoms with E-state index in [9.17, 15) is 18.4 Å². The topological polar surface area (TPSA) is 58.2 Å². The van der Waals surface area contributed by atoms with Gasteiger partial charge in [-0.15, -0.1) is 0 Å². The minimum Gasteiger partial charge on any atom is -0.348 e. The monoisotopic (exact) mass is 342 g/mol. The highest BCUT2D eigenvalue weighted by molar-refractivity contribution is 6.08. The molecule has 0 saturated carbocycles. The maximum atomic E-state index is 13.9. The Morgan fingerprint density at radius 3 is 2.60 bits per heavy atom. The molecule has 4 rings (SSSR count). The predicted molar refractivity (Wildman–Crippen MR) is 88.0 cm³/mol. The number of piperidine rings is 1. The quantitative estimate of drug-likeness (QED) is 0.837. The van der Waals surface area contributed by atoms with E-state index >= 15 is 0 Å². The first-order valence-corrected chi connectivity index (χ1v) is 8.09. The Labute approximate surface area is 143 Å². The van der Waals surface area contributed by atoms with Crippen LogP contribution >= 0.6 is 0 Å². The summed E-state index contributed by atoms with van der Waals surface area (Å²) in [6.07, 6.45) is 0.385. The van der Waals surface area contributed by atoms with Crippen LogP contribution in [-0.4, -0.2) is 11.8 Å². The zero-order chi connectivity index (χ0) is 17.8. The third-order valence-corrected chi connectivity index (χ3v) is 5.21. The molecule has 128 valence electrons. The molecule has 2 aliphatic rings. The molecule has 1 saturated heterocycles. The molecule has 1 fully saturated rings. The Balaban J connectivity index is 1.96. The Kier molecular flexibility index (Phi) is 3.39. The van der Waals surface area contributed by atoms with Gasteiger partial charge >= 0.3 is 0 Å². The van der Waals surface area contributed by atoms with Gasteiger partial charge in [0.1, 0.15) is 17.0 Å². The standard InChI is InChI=1S/C19H16F2N2O2/c1-10-2-3-11(20)8-13(10)17-19(7-6-16(24)23-17)14-9-12(21)4-5-15(14)22-18(19)25/h2-5,8-9,17H,6-7H2,1H3,(H,22,25)(H,23,24). The zero-order valence-electron chi connectivity index (χ0n) is 13.5. The van der Waals surface area contributed by atoms with Gasteiger partial charge in [-0.25, -0.2) is 8.78 Å². The average Bonchev–Trinajstić information content (AvgIpc) is 2.85. The molecule has 6 heteroatoms. The molecule has 2 unspecified atom stereocenters. The van der Waals surface area contributed by atoms with E-state index in [1.54, 1.807) is 13.0 Å². The normalized spacial score (nSPS) is 24.8. The van der Waals surface area contributed by atoms with E-state index in [1.165, 1.54) is 30.3 Å². The fraction of sp³-hybridized carbons (Fsp3) is 0.263. The van der Waals surface area contributed by atoms with Gasteiger partial charge in [-0.1, -0.05) is 6.07 Å². The van der Waals surface area contributed by atoms with Crippen molar-refractivity contribution in [3.8, 4) is 0 Å². The van der Waals surface area contributed by atoms with E-state index in [0.29, 0.717) is 16.8 Å². The van der Waals surface area contributed by atoms with Crippen LogP contribution in [0, 0.1) is 18.6 Å². The summed E-state index contributed by atoms with van der Waals surface area (Å²) < 4.78 is 27.7. The summed E-state index contributed by atoms with van der Waals surface area (Å²) in [4.78, 5) is 25.0. The summed E-state index contributed by atoms with van der Waals surface area (Å²) in [5, 5.41) is 5.62. The number of nitrogens with one attached hydrogen (secondary N) is 2. The smallest absolute Gasteiger partial charge is 0.237 e. The third kappa shape index (κ3) is 2.24. The Morgan fingerprint density at radius 1 is 1.08 bits per heavy atom. The first kappa shape index (κ1) is 15.7. The van der Waals surface area contributed by atoms with Gasteiger partial charge in [0, 0.05) is 12.1 Å². The first-order chi connectivity index (χ1) is 11.9. The number of hydrogen-bond acceptors (Lipinski definition) is 2. The molecule has 2 atom stereocenters. The van der Waals surface area contributed by atoms with Crippen molar-refractivity contribution in [2.24, 2.45) is 0 Å². The molecule has 2 aliphatic heterocycles. The third-order valence-electron chi connectivity index (χ3n) is 5.21. The second-order valence-corrected chi connectivity index (χ2v) is 6.62. The van der Waals surface area contributed by atoms with Crippen LogP contribution in [-0.2, 0) is 15.0 Å². The van der Waals surface area contributed by atoms with Crippen molar-refractivity contribution in [2.45, 2.75) is 31.2 Å². The molecule has 2 heterocycles. The minimum atomic E-state index is -1.15. The van der Waals surface area contributed by atoms with Crippen LogP contribution in [0.5, 0.6) is 0 Å². The minimum absolute atomic E-state index is 0.147. The van der Waals surface area contributed by atoms with Gasteiger partial charge in [-0.2, -0.15) is 0 Å². The molecular formula is C19H16F2N2O2. The largest absolute Gasteiger partial charge is 0.348 e. The van der Waals surface area contributed by atoms with Gasteiger partial charge in [0.25, 0.3) is 0 Å². The van der Waals surface area contributed by atoms with E-state index in [4.69, 9.17) is 0 Å².